The molecule has 0 atom stereocenters. The molecule has 0 unspecified atom stereocenters. The number of nitrogens with one attached hydrogen (secondary N) is 1. The molecule has 2 aliphatic rings. The first-order valence-corrected chi connectivity index (χ1v) is 9.22. The summed E-state index contributed by atoms with van der Waals surface area (Å²) in [7, 11) is 0. The van der Waals surface area contributed by atoms with Crippen molar-refractivity contribution in [2.75, 3.05) is 13.1 Å². The van der Waals surface area contributed by atoms with Crippen LogP contribution in [0.3, 0.4) is 0 Å². The van der Waals surface area contributed by atoms with Gasteiger partial charge in [0.2, 0.25) is 5.92 Å². The Morgan fingerprint density at radius 1 is 1.35 bits per heavy atom. The van der Waals surface area contributed by atoms with Crippen molar-refractivity contribution in [3.05, 3.63) is 28.7 Å². The zero-order valence-corrected chi connectivity index (χ0v) is 15.0. The fourth-order valence-corrected chi connectivity index (χ4v) is 3.86. The summed E-state index contributed by atoms with van der Waals surface area (Å²) in [5, 5.41) is 7.40. The Morgan fingerprint density at radius 3 is 2.81 bits per heavy atom. The van der Waals surface area contributed by atoms with Gasteiger partial charge in [-0.15, -0.1) is 0 Å². The van der Waals surface area contributed by atoms with Crippen LogP contribution in [0.1, 0.15) is 36.9 Å². The van der Waals surface area contributed by atoms with Gasteiger partial charge in [-0.05, 0) is 31.2 Å². The third-order valence-corrected chi connectivity index (χ3v) is 5.49. The number of hydrogen-bond donors (Lipinski definition) is 1. The van der Waals surface area contributed by atoms with Crippen LogP contribution in [0.2, 0.25) is 5.15 Å². The number of urea groups is 1. The van der Waals surface area contributed by atoms with Gasteiger partial charge in [-0.1, -0.05) is 11.6 Å². The average molecular weight is 384 g/mol. The molecule has 6 nitrogen and oxygen atoms in total. The molecule has 1 aliphatic heterocycles. The highest BCUT2D eigenvalue weighted by Gasteiger charge is 2.35. The number of amides is 2. The molecule has 0 bridgehead atoms. The number of alkyl halides is 2. The Morgan fingerprint density at radius 2 is 2.12 bits per heavy atom. The number of nitrogens with zero attached hydrogens (tertiary/aromatic N) is 4. The lowest BCUT2D eigenvalue weighted by molar-refractivity contribution is -0.0457. The molecule has 0 aromatic carbocycles. The number of aromatic nitrogens is 3. The molecular weight excluding hydrogens is 364 g/mol. The molecule has 26 heavy (non-hydrogen) atoms. The standard InChI is InChI=1S/C17H20ClF2N5O/c18-15-12(9-24-6-5-21-16(24)26)8-14-22-13(10-25(14)23-15)7-11-1-3-17(19,20)4-2-11/h8,10-11H,1-7,9H2,(H,21,26). The van der Waals surface area contributed by atoms with E-state index in [2.05, 4.69) is 15.4 Å². The zero-order valence-electron chi connectivity index (χ0n) is 14.2. The van der Waals surface area contributed by atoms with E-state index in [1.54, 1.807) is 15.6 Å². The van der Waals surface area contributed by atoms with Gasteiger partial charge >= 0.3 is 6.03 Å². The first-order chi connectivity index (χ1) is 12.4. The molecule has 1 saturated heterocycles. The van der Waals surface area contributed by atoms with Crippen LogP contribution in [0.5, 0.6) is 0 Å². The van der Waals surface area contributed by atoms with E-state index in [1.807, 2.05) is 6.07 Å². The third kappa shape index (κ3) is 3.60. The Kier molecular flexibility index (Phi) is 4.46. The Bertz CT molecular complexity index is 830. The van der Waals surface area contributed by atoms with Crippen LogP contribution >= 0.6 is 11.6 Å². The average Bonchev–Trinajstić information content (AvgIpc) is 3.16. The van der Waals surface area contributed by atoms with Crippen molar-refractivity contribution in [2.24, 2.45) is 5.92 Å². The van der Waals surface area contributed by atoms with E-state index in [-0.39, 0.29) is 24.8 Å². The van der Waals surface area contributed by atoms with Crippen LogP contribution in [0.4, 0.5) is 13.6 Å². The predicted molar refractivity (Wildman–Crippen MR) is 92.4 cm³/mol. The smallest absolute Gasteiger partial charge is 0.317 e. The van der Waals surface area contributed by atoms with E-state index in [0.29, 0.717) is 49.7 Å². The molecule has 2 fully saturated rings. The van der Waals surface area contributed by atoms with Crippen molar-refractivity contribution in [3.63, 3.8) is 0 Å². The Labute approximate surface area is 154 Å². The summed E-state index contributed by atoms with van der Waals surface area (Å²) >= 11 is 6.26. The van der Waals surface area contributed by atoms with Crippen LogP contribution in [0.15, 0.2) is 12.3 Å². The largest absolute Gasteiger partial charge is 0.336 e. The highest BCUT2D eigenvalue weighted by molar-refractivity contribution is 6.30. The first-order valence-electron chi connectivity index (χ1n) is 8.84. The van der Waals surface area contributed by atoms with Crippen molar-refractivity contribution < 1.29 is 13.6 Å². The molecule has 3 heterocycles. The third-order valence-electron chi connectivity index (χ3n) is 5.17. The highest BCUT2D eigenvalue weighted by atomic mass is 35.5. The van der Waals surface area contributed by atoms with Crippen molar-refractivity contribution in [1.82, 2.24) is 24.8 Å². The molecule has 1 N–H and O–H groups in total. The number of rotatable bonds is 4. The minimum absolute atomic E-state index is 0.0445. The van der Waals surface area contributed by atoms with E-state index in [9.17, 15) is 13.6 Å². The van der Waals surface area contributed by atoms with Gasteiger partial charge in [-0.3, -0.25) is 0 Å². The quantitative estimate of drug-likeness (QED) is 0.881. The van der Waals surface area contributed by atoms with Gasteiger partial charge in [-0.2, -0.15) is 5.10 Å². The number of halogens is 3. The van der Waals surface area contributed by atoms with Gasteiger partial charge in [0.25, 0.3) is 0 Å². The van der Waals surface area contributed by atoms with Gasteiger partial charge in [-0.25, -0.2) is 23.1 Å². The molecule has 2 aromatic rings. The molecule has 2 aromatic heterocycles. The minimum Gasteiger partial charge on any atom is -0.336 e. The van der Waals surface area contributed by atoms with Gasteiger partial charge in [0.1, 0.15) is 0 Å². The maximum Gasteiger partial charge on any atom is 0.317 e. The van der Waals surface area contributed by atoms with E-state index in [4.69, 9.17) is 11.6 Å². The highest BCUT2D eigenvalue weighted by Crippen LogP contribution is 2.37. The van der Waals surface area contributed by atoms with Gasteiger partial charge in [0.15, 0.2) is 10.8 Å². The van der Waals surface area contributed by atoms with Crippen LogP contribution in [-0.4, -0.2) is 44.5 Å². The predicted octanol–water partition coefficient (Wildman–Crippen LogP) is 3.28. The number of imidazole rings is 1. The number of carbonyl (C=O) groups excluding carboxylic acids is 1. The lowest BCUT2D eigenvalue weighted by Gasteiger charge is -2.27. The molecule has 0 spiro atoms. The fraction of sp³-hybridized carbons (Fsp3) is 0.588. The van der Waals surface area contributed by atoms with Crippen molar-refractivity contribution in [3.8, 4) is 0 Å². The SMILES string of the molecule is O=C1NCCN1Cc1cc2nc(CC3CCC(F)(F)CC3)cn2nc1Cl. The number of hydrogen-bond acceptors (Lipinski definition) is 3. The van der Waals surface area contributed by atoms with Crippen LogP contribution in [0, 0.1) is 5.92 Å². The van der Waals surface area contributed by atoms with E-state index in [1.165, 1.54) is 0 Å². The lowest BCUT2D eigenvalue weighted by atomic mass is 9.84. The second kappa shape index (κ2) is 6.64. The van der Waals surface area contributed by atoms with Crippen molar-refractivity contribution in [1.29, 1.82) is 0 Å². The van der Waals surface area contributed by atoms with Crippen LogP contribution in [0.25, 0.3) is 5.65 Å². The molecule has 9 heteroatoms. The normalized spacial score (nSPS) is 20.7. The molecule has 1 aliphatic carbocycles. The summed E-state index contributed by atoms with van der Waals surface area (Å²) < 4.78 is 28.2. The number of carbonyl (C=O) groups is 1. The maximum absolute atomic E-state index is 13.3. The maximum atomic E-state index is 13.3. The van der Waals surface area contributed by atoms with E-state index >= 15 is 0 Å². The molecule has 1 saturated carbocycles. The summed E-state index contributed by atoms with van der Waals surface area (Å²) in [6.07, 6.45) is 3.42. The van der Waals surface area contributed by atoms with Gasteiger partial charge < -0.3 is 10.2 Å². The topological polar surface area (TPSA) is 62.5 Å². The first kappa shape index (κ1) is 17.5. The summed E-state index contributed by atoms with van der Waals surface area (Å²) in [6.45, 7) is 1.64. The molecule has 0 radical (unpaired) electrons. The lowest BCUT2D eigenvalue weighted by Crippen LogP contribution is -2.27. The molecule has 2 amide bonds. The summed E-state index contributed by atoms with van der Waals surface area (Å²) in [4.78, 5) is 17.9. The summed E-state index contributed by atoms with van der Waals surface area (Å²) in [5.41, 5.74) is 2.23. The van der Waals surface area contributed by atoms with Gasteiger partial charge in [0, 0.05) is 31.5 Å². The summed E-state index contributed by atoms with van der Waals surface area (Å²) in [5.74, 6) is -2.29. The number of fused-ring (bicyclic) bond motifs is 1. The zero-order chi connectivity index (χ0) is 18.3. The van der Waals surface area contributed by atoms with Crippen LogP contribution < -0.4 is 5.32 Å². The van der Waals surface area contributed by atoms with E-state index in [0.717, 1.165) is 11.3 Å². The Hall–Kier alpha value is -1.96. The van der Waals surface area contributed by atoms with E-state index < -0.39 is 5.92 Å². The Balaban J connectivity index is 1.49. The minimum atomic E-state index is -2.51. The molecule has 140 valence electrons. The molecule has 4 rings (SSSR count). The van der Waals surface area contributed by atoms with Crippen molar-refractivity contribution in [2.45, 2.75) is 44.6 Å². The van der Waals surface area contributed by atoms with Crippen molar-refractivity contribution >= 4 is 23.3 Å². The second-order valence-corrected chi connectivity index (χ2v) is 7.51. The van der Waals surface area contributed by atoms with Crippen LogP contribution in [-0.2, 0) is 13.0 Å². The van der Waals surface area contributed by atoms with Gasteiger partial charge in [0.05, 0.1) is 18.4 Å². The molecular formula is C17H20ClF2N5O. The summed E-state index contributed by atoms with van der Waals surface area (Å²) in [6, 6.07) is 1.72. The second-order valence-electron chi connectivity index (χ2n) is 7.15. The monoisotopic (exact) mass is 383 g/mol. The fourth-order valence-electron chi connectivity index (χ4n) is 3.66.